The number of H-pyrrole nitrogens is 1. The Morgan fingerprint density at radius 3 is 2.28 bits per heavy atom. The first-order valence-corrected chi connectivity index (χ1v) is 13.0. The summed E-state index contributed by atoms with van der Waals surface area (Å²) >= 11 is 0. The molecule has 2 N–H and O–H groups in total. The zero-order valence-corrected chi connectivity index (χ0v) is 21.6. The van der Waals surface area contributed by atoms with E-state index in [-0.39, 0.29) is 11.9 Å². The van der Waals surface area contributed by atoms with Crippen molar-refractivity contribution in [1.29, 1.82) is 0 Å². The van der Waals surface area contributed by atoms with Crippen LogP contribution in [0.15, 0.2) is 67.1 Å². The van der Waals surface area contributed by atoms with Crippen LogP contribution in [0, 0.1) is 12.7 Å². The summed E-state index contributed by atoms with van der Waals surface area (Å²) in [5, 5.41) is 11.9. The van der Waals surface area contributed by atoms with E-state index in [1.165, 1.54) is 23.4 Å². The quantitative estimate of drug-likeness (QED) is 0.299. The fraction of sp³-hybridized carbons (Fsp3) is 0.367. The molecule has 0 spiro atoms. The number of nitrogens with zero attached hydrogens (tertiary/aromatic N) is 3. The van der Waals surface area contributed by atoms with Gasteiger partial charge in [-0.15, -0.1) is 0 Å². The van der Waals surface area contributed by atoms with Crippen molar-refractivity contribution >= 4 is 0 Å². The molecule has 0 aliphatic heterocycles. The SMILES string of the molecule is CC.Cc1ccc(-c2n[nH]c(C3CCC(N[C@H](C)c4ccc(F)cc4)CC3)c2-c2ccncn2)cc1. The molecule has 188 valence electrons. The van der Waals surface area contributed by atoms with E-state index >= 15 is 0 Å². The van der Waals surface area contributed by atoms with Gasteiger partial charge in [0.15, 0.2) is 0 Å². The van der Waals surface area contributed by atoms with Crippen LogP contribution in [-0.2, 0) is 0 Å². The summed E-state index contributed by atoms with van der Waals surface area (Å²) in [5.74, 6) is 0.205. The predicted molar refractivity (Wildman–Crippen MR) is 144 cm³/mol. The second kappa shape index (κ2) is 12.0. The monoisotopic (exact) mass is 485 g/mol. The largest absolute Gasteiger partial charge is 0.307 e. The lowest BCUT2D eigenvalue weighted by atomic mass is 9.81. The van der Waals surface area contributed by atoms with Crippen molar-refractivity contribution in [3.05, 3.63) is 89.8 Å². The zero-order valence-electron chi connectivity index (χ0n) is 21.6. The van der Waals surface area contributed by atoms with Crippen LogP contribution in [0.5, 0.6) is 0 Å². The van der Waals surface area contributed by atoms with Crippen LogP contribution in [-0.4, -0.2) is 26.2 Å². The van der Waals surface area contributed by atoms with E-state index in [9.17, 15) is 4.39 Å². The van der Waals surface area contributed by atoms with Crippen LogP contribution in [0.4, 0.5) is 4.39 Å². The Morgan fingerprint density at radius 1 is 0.944 bits per heavy atom. The van der Waals surface area contributed by atoms with Crippen molar-refractivity contribution in [2.24, 2.45) is 0 Å². The van der Waals surface area contributed by atoms with Gasteiger partial charge in [-0.3, -0.25) is 5.10 Å². The van der Waals surface area contributed by atoms with Crippen LogP contribution >= 0.6 is 0 Å². The third-order valence-corrected chi connectivity index (χ3v) is 6.95. The fourth-order valence-electron chi connectivity index (χ4n) is 5.02. The molecule has 0 saturated heterocycles. The summed E-state index contributed by atoms with van der Waals surface area (Å²) in [5.41, 5.74) is 7.53. The van der Waals surface area contributed by atoms with Gasteiger partial charge in [0.1, 0.15) is 17.8 Å². The smallest absolute Gasteiger partial charge is 0.123 e. The predicted octanol–water partition coefficient (Wildman–Crippen LogP) is 7.38. The van der Waals surface area contributed by atoms with Crippen molar-refractivity contribution in [3.8, 4) is 22.5 Å². The third-order valence-electron chi connectivity index (χ3n) is 6.95. The Hall–Kier alpha value is -3.38. The standard InChI is InChI=1S/C28H30FN5.C2H6/c1-18-3-5-21(6-4-18)27-26(25-15-16-30-17-31-25)28(34-33-27)22-9-13-24(14-10-22)32-19(2)20-7-11-23(29)12-8-20;1-2/h3-8,11-12,15-17,19,22,24,32H,9-10,13-14H2,1-2H3,(H,33,34);1-2H3/t19-,22?,24?;/m1./s1. The maximum absolute atomic E-state index is 13.3. The summed E-state index contributed by atoms with van der Waals surface area (Å²) in [6.07, 6.45) is 7.69. The summed E-state index contributed by atoms with van der Waals surface area (Å²) < 4.78 is 13.3. The van der Waals surface area contributed by atoms with Gasteiger partial charge in [-0.25, -0.2) is 14.4 Å². The van der Waals surface area contributed by atoms with Crippen molar-refractivity contribution in [3.63, 3.8) is 0 Å². The van der Waals surface area contributed by atoms with E-state index in [4.69, 9.17) is 5.10 Å². The molecule has 1 aliphatic carbocycles. The average molecular weight is 486 g/mol. The number of nitrogens with one attached hydrogen (secondary N) is 2. The van der Waals surface area contributed by atoms with Crippen molar-refractivity contribution in [2.45, 2.75) is 71.4 Å². The van der Waals surface area contributed by atoms with E-state index in [2.05, 4.69) is 58.5 Å². The molecule has 36 heavy (non-hydrogen) atoms. The minimum atomic E-state index is -0.194. The molecule has 1 aliphatic rings. The van der Waals surface area contributed by atoms with Gasteiger partial charge in [-0.2, -0.15) is 5.10 Å². The number of aryl methyl sites for hydroxylation is 1. The van der Waals surface area contributed by atoms with Crippen LogP contribution in [0.3, 0.4) is 0 Å². The average Bonchev–Trinajstić information content (AvgIpc) is 3.37. The number of halogens is 1. The summed E-state index contributed by atoms with van der Waals surface area (Å²) in [6, 6.07) is 17.9. The molecule has 4 aromatic rings. The van der Waals surface area contributed by atoms with E-state index in [0.29, 0.717) is 12.0 Å². The molecular formula is C30H36FN5. The molecular weight excluding hydrogens is 449 g/mol. The number of aromatic nitrogens is 4. The van der Waals surface area contributed by atoms with Gasteiger partial charge in [0, 0.05) is 41.0 Å². The minimum Gasteiger partial charge on any atom is -0.307 e. The lowest BCUT2D eigenvalue weighted by molar-refractivity contribution is 0.319. The zero-order chi connectivity index (χ0) is 25.5. The van der Waals surface area contributed by atoms with Crippen molar-refractivity contribution in [2.75, 3.05) is 0 Å². The Kier molecular flexibility index (Phi) is 8.60. The fourth-order valence-corrected chi connectivity index (χ4v) is 5.02. The van der Waals surface area contributed by atoms with E-state index in [0.717, 1.165) is 53.8 Å². The normalized spacial score (nSPS) is 18.2. The highest BCUT2D eigenvalue weighted by Crippen LogP contribution is 2.41. The molecule has 1 atom stereocenters. The molecule has 5 nitrogen and oxygen atoms in total. The van der Waals surface area contributed by atoms with Crippen molar-refractivity contribution < 1.29 is 4.39 Å². The lowest BCUT2D eigenvalue weighted by Gasteiger charge is -2.31. The first kappa shape index (κ1) is 25.7. The minimum absolute atomic E-state index is 0.194. The van der Waals surface area contributed by atoms with E-state index in [1.54, 1.807) is 12.5 Å². The highest BCUT2D eigenvalue weighted by atomic mass is 19.1. The topological polar surface area (TPSA) is 66.5 Å². The first-order chi connectivity index (χ1) is 17.6. The van der Waals surface area contributed by atoms with Gasteiger partial charge in [0.05, 0.1) is 5.69 Å². The third kappa shape index (κ3) is 5.88. The van der Waals surface area contributed by atoms with E-state index < -0.39 is 0 Å². The lowest BCUT2D eigenvalue weighted by Crippen LogP contribution is -2.34. The number of benzene rings is 2. The van der Waals surface area contributed by atoms with Gasteiger partial charge in [0.2, 0.25) is 0 Å². The molecule has 2 aromatic heterocycles. The number of rotatable bonds is 6. The Morgan fingerprint density at radius 2 is 1.64 bits per heavy atom. The molecule has 5 rings (SSSR count). The van der Waals surface area contributed by atoms with Crippen LogP contribution in [0.25, 0.3) is 22.5 Å². The highest BCUT2D eigenvalue weighted by Gasteiger charge is 2.29. The van der Waals surface area contributed by atoms with Gasteiger partial charge < -0.3 is 5.32 Å². The molecule has 2 aromatic carbocycles. The van der Waals surface area contributed by atoms with E-state index in [1.807, 2.05) is 32.0 Å². The molecule has 0 bridgehead atoms. The molecule has 6 heteroatoms. The summed E-state index contributed by atoms with van der Waals surface area (Å²) in [6.45, 7) is 8.24. The van der Waals surface area contributed by atoms with Crippen LogP contribution in [0.1, 0.15) is 75.2 Å². The molecule has 1 fully saturated rings. The Balaban J connectivity index is 0.00000148. The van der Waals surface area contributed by atoms with Gasteiger partial charge in [-0.1, -0.05) is 55.8 Å². The summed E-state index contributed by atoms with van der Waals surface area (Å²) in [7, 11) is 0. The highest BCUT2D eigenvalue weighted by molar-refractivity contribution is 5.81. The van der Waals surface area contributed by atoms with Crippen molar-refractivity contribution in [1.82, 2.24) is 25.5 Å². The maximum Gasteiger partial charge on any atom is 0.123 e. The number of aromatic amines is 1. The Bertz CT molecular complexity index is 1210. The van der Waals surface area contributed by atoms with Crippen LogP contribution in [0.2, 0.25) is 0 Å². The number of hydrogen-bond acceptors (Lipinski definition) is 4. The molecule has 0 unspecified atom stereocenters. The Labute approximate surface area is 213 Å². The second-order valence-corrected chi connectivity index (χ2v) is 9.31. The number of hydrogen-bond donors (Lipinski definition) is 2. The maximum atomic E-state index is 13.3. The molecule has 0 radical (unpaired) electrons. The second-order valence-electron chi connectivity index (χ2n) is 9.31. The van der Waals surface area contributed by atoms with Gasteiger partial charge >= 0.3 is 0 Å². The summed E-state index contributed by atoms with van der Waals surface area (Å²) in [4.78, 5) is 8.67. The first-order valence-electron chi connectivity index (χ1n) is 13.0. The van der Waals surface area contributed by atoms with Gasteiger partial charge in [-0.05, 0) is 63.3 Å². The molecule has 1 saturated carbocycles. The van der Waals surface area contributed by atoms with Crippen LogP contribution < -0.4 is 5.32 Å². The molecule has 2 heterocycles. The molecule has 0 amide bonds. The van der Waals surface area contributed by atoms with Gasteiger partial charge in [0.25, 0.3) is 0 Å².